The fraction of sp³-hybridized carbons (Fsp3) is 0.171. The van der Waals surface area contributed by atoms with Crippen molar-refractivity contribution in [3.63, 3.8) is 0 Å². The van der Waals surface area contributed by atoms with Crippen molar-refractivity contribution in [2.75, 3.05) is 0 Å². The Hall–Kier alpha value is -4.42. The number of benzene rings is 5. The summed E-state index contributed by atoms with van der Waals surface area (Å²) in [6, 6.07) is 38.1. The summed E-state index contributed by atoms with van der Waals surface area (Å²) in [4.78, 5) is 0. The lowest BCUT2D eigenvalue weighted by atomic mass is 9.80. The van der Waals surface area contributed by atoms with E-state index in [1.54, 1.807) is 0 Å². The van der Waals surface area contributed by atoms with E-state index in [0.29, 0.717) is 0 Å². The van der Waals surface area contributed by atoms with Crippen LogP contribution < -0.4 is 10.4 Å². The molecule has 0 nitrogen and oxygen atoms in total. The average Bonchev–Trinajstić information content (AvgIpc) is 3.54. The summed E-state index contributed by atoms with van der Waals surface area (Å²) in [5.41, 5.74) is 17.4. The van der Waals surface area contributed by atoms with Crippen molar-refractivity contribution >= 4 is 17.7 Å². The molecule has 0 bridgehead atoms. The first kappa shape index (κ1) is 25.5. The Morgan fingerprint density at radius 2 is 1.41 bits per heavy atom. The van der Waals surface area contributed by atoms with Crippen LogP contribution in [0.5, 0.6) is 0 Å². The highest BCUT2D eigenvalue weighted by molar-refractivity contribution is 5.88. The molecule has 0 heteroatoms. The number of rotatable bonds is 5. The van der Waals surface area contributed by atoms with E-state index in [0.717, 1.165) is 12.8 Å². The minimum atomic E-state index is 0.216. The molecule has 0 amide bonds. The van der Waals surface area contributed by atoms with E-state index in [2.05, 4.69) is 143 Å². The second-order valence-electron chi connectivity index (χ2n) is 11.5. The van der Waals surface area contributed by atoms with Crippen LogP contribution in [-0.2, 0) is 12.8 Å². The molecule has 0 saturated heterocycles. The molecule has 5 aromatic carbocycles. The number of aryl methyl sites for hydroxylation is 2. The quantitative estimate of drug-likeness (QED) is 0.211. The van der Waals surface area contributed by atoms with Gasteiger partial charge in [-0.15, -0.1) is 0 Å². The molecule has 0 fully saturated rings. The summed E-state index contributed by atoms with van der Waals surface area (Å²) in [7, 11) is 0. The zero-order valence-electron chi connectivity index (χ0n) is 24.4. The van der Waals surface area contributed by atoms with Gasteiger partial charge in [-0.3, -0.25) is 0 Å². The maximum Gasteiger partial charge on any atom is 0.0314 e. The Morgan fingerprint density at radius 1 is 0.707 bits per heavy atom. The summed E-state index contributed by atoms with van der Waals surface area (Å²) >= 11 is 0. The highest BCUT2D eigenvalue weighted by Gasteiger charge is 2.31. The summed E-state index contributed by atoms with van der Waals surface area (Å²) in [6.45, 7) is 9.11. The Kier molecular flexibility index (Phi) is 6.36. The first-order valence-electron chi connectivity index (χ1n) is 14.9. The minimum Gasteiger partial charge on any atom is -0.0622 e. The van der Waals surface area contributed by atoms with Gasteiger partial charge < -0.3 is 0 Å². The van der Waals surface area contributed by atoms with Crippen LogP contribution >= 0.6 is 0 Å². The predicted octanol–water partition coefficient (Wildman–Crippen LogP) is 8.60. The molecule has 2 aliphatic rings. The van der Waals surface area contributed by atoms with E-state index in [1.165, 1.54) is 82.8 Å². The first-order valence-corrected chi connectivity index (χ1v) is 14.9. The van der Waals surface area contributed by atoms with Crippen LogP contribution in [0.25, 0.3) is 28.9 Å². The van der Waals surface area contributed by atoms with Gasteiger partial charge in [-0.1, -0.05) is 123 Å². The molecule has 0 N–H and O–H groups in total. The lowest BCUT2D eigenvalue weighted by molar-refractivity contribution is 0.922. The van der Waals surface area contributed by atoms with Crippen molar-refractivity contribution in [3.05, 3.63) is 169 Å². The van der Waals surface area contributed by atoms with E-state index >= 15 is 0 Å². The third-order valence-electron chi connectivity index (χ3n) is 9.05. The SMILES string of the molecule is CCc1ccc2c(c1)[C]=c1c-2cc(=C(c2ccccc2)c2ccccc2)c(CC)c1C1C(C)=Cc2c(C)cccc21. The second-order valence-corrected chi connectivity index (χ2v) is 11.5. The smallest absolute Gasteiger partial charge is 0.0314 e. The Morgan fingerprint density at radius 3 is 2.07 bits per heavy atom. The fourth-order valence-electron chi connectivity index (χ4n) is 7.08. The fourth-order valence-corrected chi connectivity index (χ4v) is 7.08. The van der Waals surface area contributed by atoms with E-state index in [4.69, 9.17) is 0 Å². The third kappa shape index (κ3) is 4.13. The van der Waals surface area contributed by atoms with Crippen molar-refractivity contribution < 1.29 is 0 Å². The highest BCUT2D eigenvalue weighted by Crippen LogP contribution is 2.43. The zero-order valence-corrected chi connectivity index (χ0v) is 24.4. The first-order chi connectivity index (χ1) is 20.1. The van der Waals surface area contributed by atoms with E-state index < -0.39 is 0 Å². The molecule has 1 atom stereocenters. The van der Waals surface area contributed by atoms with Crippen molar-refractivity contribution in [3.8, 4) is 11.1 Å². The second kappa shape index (κ2) is 10.2. The number of fused-ring (bicyclic) bond motifs is 4. The highest BCUT2D eigenvalue weighted by atomic mass is 14.3. The predicted molar refractivity (Wildman–Crippen MR) is 174 cm³/mol. The molecule has 0 spiro atoms. The molecule has 41 heavy (non-hydrogen) atoms. The molecule has 7 rings (SSSR count). The van der Waals surface area contributed by atoms with Gasteiger partial charge in [0, 0.05) is 5.92 Å². The van der Waals surface area contributed by atoms with Gasteiger partial charge in [0.15, 0.2) is 0 Å². The number of hydrogen-bond acceptors (Lipinski definition) is 0. The molecule has 1 unspecified atom stereocenters. The van der Waals surface area contributed by atoms with E-state index in [-0.39, 0.29) is 5.92 Å². The lowest BCUT2D eigenvalue weighted by Gasteiger charge is -2.23. The van der Waals surface area contributed by atoms with Crippen LogP contribution in [0.4, 0.5) is 0 Å². The van der Waals surface area contributed by atoms with Crippen LogP contribution in [0.15, 0.2) is 109 Å². The van der Waals surface area contributed by atoms with Gasteiger partial charge in [-0.25, -0.2) is 0 Å². The molecular formula is C41H35. The molecule has 1 radical (unpaired) electrons. The van der Waals surface area contributed by atoms with Crippen LogP contribution in [0.3, 0.4) is 0 Å². The number of hydrogen-bond donors (Lipinski definition) is 0. The van der Waals surface area contributed by atoms with Gasteiger partial charge in [-0.2, -0.15) is 0 Å². The Bertz CT molecular complexity index is 1910. The topological polar surface area (TPSA) is 0 Å². The standard InChI is InChI=1S/C41H35/c1-5-28-20-21-33-31(23-28)24-37-36(33)25-38(40(29-15-9-7-10-16-29)30-17-11-8-12-18-30)32(6-2)41(37)39-27(4)22-35-26(3)14-13-19-34(35)39/h7-23,25,39H,5-6H2,1-4H3. The summed E-state index contributed by atoms with van der Waals surface area (Å²) in [5.74, 6) is 0.216. The lowest BCUT2D eigenvalue weighted by Crippen LogP contribution is -2.27. The van der Waals surface area contributed by atoms with Gasteiger partial charge in [0.2, 0.25) is 0 Å². The molecule has 0 aromatic heterocycles. The monoisotopic (exact) mass is 527 g/mol. The van der Waals surface area contributed by atoms with Crippen LogP contribution in [0, 0.1) is 6.92 Å². The average molecular weight is 528 g/mol. The maximum atomic E-state index is 3.95. The molecular weight excluding hydrogens is 492 g/mol. The van der Waals surface area contributed by atoms with Crippen LogP contribution in [0.1, 0.15) is 76.8 Å². The normalized spacial score (nSPS) is 14.6. The summed E-state index contributed by atoms with van der Waals surface area (Å²) < 4.78 is 0. The van der Waals surface area contributed by atoms with Crippen molar-refractivity contribution in [2.24, 2.45) is 0 Å². The van der Waals surface area contributed by atoms with Gasteiger partial charge in [0.05, 0.1) is 0 Å². The Balaban J connectivity index is 1.67. The molecule has 0 aliphatic heterocycles. The molecule has 2 aliphatic carbocycles. The molecule has 0 saturated carbocycles. The molecule has 0 heterocycles. The van der Waals surface area contributed by atoms with Gasteiger partial charge in [0.25, 0.3) is 0 Å². The summed E-state index contributed by atoms with van der Waals surface area (Å²) in [5, 5.41) is 2.61. The largest absolute Gasteiger partial charge is 0.0622 e. The van der Waals surface area contributed by atoms with Crippen molar-refractivity contribution in [1.82, 2.24) is 0 Å². The molecule has 199 valence electrons. The summed E-state index contributed by atoms with van der Waals surface area (Å²) in [6.07, 6.45) is 8.35. The van der Waals surface area contributed by atoms with Gasteiger partial charge >= 0.3 is 0 Å². The third-order valence-corrected chi connectivity index (χ3v) is 9.05. The molecule has 5 aromatic rings. The van der Waals surface area contributed by atoms with Crippen LogP contribution in [-0.4, -0.2) is 0 Å². The maximum absolute atomic E-state index is 3.95. The van der Waals surface area contributed by atoms with Gasteiger partial charge in [-0.05, 0) is 116 Å². The number of allylic oxidation sites excluding steroid dienone is 1. The zero-order chi connectivity index (χ0) is 28.1. The van der Waals surface area contributed by atoms with Crippen molar-refractivity contribution in [1.29, 1.82) is 0 Å². The Labute approximate surface area is 244 Å². The van der Waals surface area contributed by atoms with E-state index in [1.807, 2.05) is 0 Å². The minimum absolute atomic E-state index is 0.216. The van der Waals surface area contributed by atoms with Gasteiger partial charge in [0.1, 0.15) is 0 Å². The van der Waals surface area contributed by atoms with Crippen molar-refractivity contribution in [2.45, 2.75) is 46.5 Å². The van der Waals surface area contributed by atoms with E-state index in [9.17, 15) is 0 Å². The van der Waals surface area contributed by atoms with Crippen LogP contribution in [0.2, 0.25) is 0 Å².